The van der Waals surface area contributed by atoms with E-state index in [0.717, 1.165) is 15.8 Å². The summed E-state index contributed by atoms with van der Waals surface area (Å²) in [5.74, 6) is 0. The maximum Gasteiger partial charge on any atom is 0.411 e. The van der Waals surface area contributed by atoms with Crippen LogP contribution in [0.1, 0.15) is 5.56 Å². The minimum absolute atomic E-state index is 0.00549. The molecule has 0 amide bonds. The highest BCUT2D eigenvalue weighted by Gasteiger charge is 2.27. The maximum absolute atomic E-state index is 11.8. The predicted octanol–water partition coefficient (Wildman–Crippen LogP) is 3.60. The van der Waals surface area contributed by atoms with E-state index in [9.17, 15) is 13.2 Å². The number of alkyl halides is 3. The Hall–Kier alpha value is -1.34. The maximum atomic E-state index is 11.8. The first-order valence-electron chi connectivity index (χ1n) is 5.69. The second-order valence-corrected chi connectivity index (χ2v) is 5.12. The first-order valence-corrected chi connectivity index (χ1v) is 6.51. The zero-order valence-electron chi connectivity index (χ0n) is 10.3. The number of rotatable bonds is 5. The van der Waals surface area contributed by atoms with Gasteiger partial charge in [-0.1, -0.05) is 17.4 Å². The highest BCUT2D eigenvalue weighted by Crippen LogP contribution is 2.26. The van der Waals surface area contributed by atoms with Crippen LogP contribution in [-0.4, -0.2) is 30.9 Å². The van der Waals surface area contributed by atoms with Crippen molar-refractivity contribution in [2.75, 3.05) is 25.1 Å². The Balaban J connectivity index is 1.82. The Morgan fingerprint density at radius 2 is 2.16 bits per heavy atom. The van der Waals surface area contributed by atoms with Gasteiger partial charge in [-0.05, 0) is 24.6 Å². The summed E-state index contributed by atoms with van der Waals surface area (Å²) in [5, 5.41) is 3.65. The fourth-order valence-corrected chi connectivity index (χ4v) is 2.40. The van der Waals surface area contributed by atoms with Crippen LogP contribution in [0.2, 0.25) is 0 Å². The van der Waals surface area contributed by atoms with Crippen LogP contribution in [0.3, 0.4) is 0 Å². The highest BCUT2D eigenvalue weighted by molar-refractivity contribution is 7.22. The number of halogens is 3. The average molecular weight is 290 g/mol. The minimum Gasteiger partial charge on any atom is -0.370 e. The van der Waals surface area contributed by atoms with Crippen LogP contribution >= 0.6 is 11.3 Å². The van der Waals surface area contributed by atoms with E-state index in [0.29, 0.717) is 11.7 Å². The zero-order chi connectivity index (χ0) is 13.9. The fourth-order valence-electron chi connectivity index (χ4n) is 1.53. The molecule has 104 valence electrons. The van der Waals surface area contributed by atoms with Crippen molar-refractivity contribution < 1.29 is 17.9 Å². The number of fused-ring (bicyclic) bond motifs is 1. The van der Waals surface area contributed by atoms with E-state index in [4.69, 9.17) is 0 Å². The van der Waals surface area contributed by atoms with E-state index in [-0.39, 0.29) is 6.61 Å². The summed E-state index contributed by atoms with van der Waals surface area (Å²) in [6, 6.07) is 5.95. The monoisotopic (exact) mass is 290 g/mol. The lowest BCUT2D eigenvalue weighted by molar-refractivity contribution is -0.172. The zero-order valence-corrected chi connectivity index (χ0v) is 11.1. The Morgan fingerprint density at radius 1 is 1.37 bits per heavy atom. The van der Waals surface area contributed by atoms with Crippen LogP contribution in [0, 0.1) is 6.92 Å². The number of nitrogens with one attached hydrogen (secondary N) is 1. The molecule has 1 N–H and O–H groups in total. The van der Waals surface area contributed by atoms with Gasteiger partial charge in [-0.15, -0.1) is 0 Å². The number of ether oxygens (including phenoxy) is 1. The van der Waals surface area contributed by atoms with E-state index in [2.05, 4.69) is 15.0 Å². The quantitative estimate of drug-likeness (QED) is 0.854. The average Bonchev–Trinajstić information content (AvgIpc) is 2.68. The van der Waals surface area contributed by atoms with Gasteiger partial charge in [0.05, 0.1) is 16.8 Å². The minimum atomic E-state index is -4.27. The Labute approximate surface area is 112 Å². The van der Waals surface area contributed by atoms with Crippen LogP contribution in [0.25, 0.3) is 10.2 Å². The number of hydrogen-bond acceptors (Lipinski definition) is 4. The molecule has 0 unspecified atom stereocenters. The molecule has 0 aliphatic heterocycles. The first-order chi connectivity index (χ1) is 8.94. The summed E-state index contributed by atoms with van der Waals surface area (Å²) < 4.78 is 41.0. The molecular formula is C12H13F3N2OS. The van der Waals surface area contributed by atoms with Crippen LogP contribution < -0.4 is 5.32 Å². The predicted molar refractivity (Wildman–Crippen MR) is 69.7 cm³/mol. The van der Waals surface area contributed by atoms with Gasteiger partial charge < -0.3 is 10.1 Å². The van der Waals surface area contributed by atoms with Crippen LogP contribution in [-0.2, 0) is 4.74 Å². The molecule has 7 heteroatoms. The summed E-state index contributed by atoms with van der Waals surface area (Å²) in [6.45, 7) is 1.06. The lowest BCUT2D eigenvalue weighted by Gasteiger charge is -2.07. The molecule has 19 heavy (non-hydrogen) atoms. The van der Waals surface area contributed by atoms with Crippen molar-refractivity contribution >= 4 is 26.7 Å². The standard InChI is InChI=1S/C12H13F3N2OS/c1-8-2-3-10-9(6-8)17-11(19-10)16-4-5-18-7-12(13,14)15/h2-3,6H,4-5,7H2,1H3,(H,16,17). The summed E-state index contributed by atoms with van der Waals surface area (Å²) in [5.41, 5.74) is 2.02. The lowest BCUT2D eigenvalue weighted by Crippen LogP contribution is -2.20. The summed E-state index contributed by atoms with van der Waals surface area (Å²) in [6.07, 6.45) is -4.27. The van der Waals surface area contributed by atoms with Gasteiger partial charge in [0.2, 0.25) is 0 Å². The molecule has 2 rings (SSSR count). The molecule has 0 radical (unpaired) electrons. The molecule has 2 aromatic rings. The van der Waals surface area contributed by atoms with Crippen molar-refractivity contribution in [2.45, 2.75) is 13.1 Å². The molecule has 0 saturated heterocycles. The molecule has 0 bridgehead atoms. The SMILES string of the molecule is Cc1ccc2sc(NCCOCC(F)(F)F)nc2c1. The van der Waals surface area contributed by atoms with Crippen molar-refractivity contribution in [3.8, 4) is 0 Å². The number of benzene rings is 1. The van der Waals surface area contributed by atoms with E-state index >= 15 is 0 Å². The van der Waals surface area contributed by atoms with Crippen molar-refractivity contribution in [3.05, 3.63) is 23.8 Å². The summed E-state index contributed by atoms with van der Waals surface area (Å²) >= 11 is 1.47. The molecule has 3 nitrogen and oxygen atoms in total. The van der Waals surface area contributed by atoms with Crippen LogP contribution in [0.15, 0.2) is 18.2 Å². The van der Waals surface area contributed by atoms with Gasteiger partial charge >= 0.3 is 6.18 Å². The van der Waals surface area contributed by atoms with Gasteiger partial charge in [-0.25, -0.2) is 4.98 Å². The van der Waals surface area contributed by atoms with E-state index in [1.165, 1.54) is 11.3 Å². The summed E-state index contributed by atoms with van der Waals surface area (Å²) in [4.78, 5) is 4.35. The molecule has 0 fully saturated rings. The normalized spacial score (nSPS) is 12.0. The third-order valence-corrected chi connectivity index (χ3v) is 3.33. The van der Waals surface area contributed by atoms with E-state index < -0.39 is 12.8 Å². The van der Waals surface area contributed by atoms with Gasteiger partial charge in [-0.2, -0.15) is 13.2 Å². The number of aromatic nitrogens is 1. The molecule has 1 aromatic carbocycles. The lowest BCUT2D eigenvalue weighted by atomic mass is 10.2. The number of nitrogens with zero attached hydrogens (tertiary/aromatic N) is 1. The number of aryl methyl sites for hydroxylation is 1. The van der Waals surface area contributed by atoms with E-state index in [1.807, 2.05) is 25.1 Å². The molecular weight excluding hydrogens is 277 g/mol. The van der Waals surface area contributed by atoms with Crippen molar-refractivity contribution in [3.63, 3.8) is 0 Å². The van der Waals surface area contributed by atoms with Crippen LogP contribution in [0.5, 0.6) is 0 Å². The van der Waals surface area contributed by atoms with Crippen LogP contribution in [0.4, 0.5) is 18.3 Å². The molecule has 0 saturated carbocycles. The Kier molecular flexibility index (Phi) is 4.26. The number of thiazole rings is 1. The molecule has 0 spiro atoms. The third-order valence-electron chi connectivity index (χ3n) is 2.33. The Morgan fingerprint density at radius 3 is 2.89 bits per heavy atom. The first kappa shape index (κ1) is 14.1. The molecule has 0 aliphatic carbocycles. The smallest absolute Gasteiger partial charge is 0.370 e. The largest absolute Gasteiger partial charge is 0.411 e. The molecule has 0 aliphatic rings. The van der Waals surface area contributed by atoms with Gasteiger partial charge in [0.1, 0.15) is 6.61 Å². The van der Waals surface area contributed by atoms with Crippen molar-refractivity contribution in [2.24, 2.45) is 0 Å². The number of hydrogen-bond donors (Lipinski definition) is 1. The van der Waals surface area contributed by atoms with Gasteiger partial charge in [0.15, 0.2) is 5.13 Å². The summed E-state index contributed by atoms with van der Waals surface area (Å²) in [7, 11) is 0. The number of anilines is 1. The molecule has 0 atom stereocenters. The van der Waals surface area contributed by atoms with Gasteiger partial charge in [0, 0.05) is 6.54 Å². The van der Waals surface area contributed by atoms with Gasteiger partial charge in [-0.3, -0.25) is 0 Å². The molecule has 1 heterocycles. The second kappa shape index (κ2) is 5.75. The fraction of sp³-hybridized carbons (Fsp3) is 0.417. The third kappa shape index (κ3) is 4.36. The second-order valence-electron chi connectivity index (χ2n) is 4.08. The topological polar surface area (TPSA) is 34.1 Å². The van der Waals surface area contributed by atoms with Crippen molar-refractivity contribution in [1.29, 1.82) is 0 Å². The molecule has 1 aromatic heterocycles. The van der Waals surface area contributed by atoms with Gasteiger partial charge in [0.25, 0.3) is 0 Å². The highest BCUT2D eigenvalue weighted by atomic mass is 32.1. The van der Waals surface area contributed by atoms with E-state index in [1.54, 1.807) is 0 Å². The van der Waals surface area contributed by atoms with Crippen molar-refractivity contribution in [1.82, 2.24) is 4.98 Å². The Bertz CT molecular complexity index is 553.